The second kappa shape index (κ2) is 4.08. The Morgan fingerprint density at radius 3 is 2.57 bits per heavy atom. The fraction of sp³-hybridized carbons (Fsp3) is 0.0833. The molecule has 14 heavy (non-hydrogen) atoms. The van der Waals surface area contributed by atoms with Crippen molar-refractivity contribution in [3.05, 3.63) is 52.0 Å². The number of rotatable bonds is 0. The lowest BCUT2D eigenvalue weighted by molar-refractivity contribution is 1.39. The maximum Gasteiger partial charge on any atom is 0.167 e. The monoisotopic (exact) mass is 199 g/mol. The molecule has 1 nitrogen and oxygen atoms in total. The minimum atomic E-state index is 0.866. The fourth-order valence-electron chi connectivity index (χ4n) is 1.05. The van der Waals surface area contributed by atoms with Crippen molar-refractivity contribution < 1.29 is 0 Å². The van der Waals surface area contributed by atoms with Crippen LogP contribution < -0.4 is 0 Å². The van der Waals surface area contributed by atoms with Gasteiger partial charge in [0.25, 0.3) is 0 Å². The third-order valence-corrected chi connectivity index (χ3v) is 2.49. The van der Waals surface area contributed by atoms with Gasteiger partial charge in [0.15, 0.2) is 5.01 Å². The summed E-state index contributed by atoms with van der Waals surface area (Å²) in [5.74, 6) is 6.09. The second-order valence-corrected chi connectivity index (χ2v) is 3.85. The minimum Gasteiger partial charge on any atom is -0.236 e. The SMILES string of the molecule is Cc1ccc(C#Cc2nccs2)cc1. The zero-order valence-electron chi connectivity index (χ0n) is 7.82. The highest BCUT2D eigenvalue weighted by Gasteiger charge is 1.88. The number of aromatic nitrogens is 1. The Kier molecular flexibility index (Phi) is 2.62. The molecule has 0 aliphatic heterocycles. The number of aryl methyl sites for hydroxylation is 1. The molecule has 1 aromatic heterocycles. The van der Waals surface area contributed by atoms with Gasteiger partial charge in [-0.3, -0.25) is 0 Å². The average molecular weight is 199 g/mol. The molecule has 0 aliphatic carbocycles. The van der Waals surface area contributed by atoms with Crippen molar-refractivity contribution in [3.63, 3.8) is 0 Å². The lowest BCUT2D eigenvalue weighted by Crippen LogP contribution is -1.75. The van der Waals surface area contributed by atoms with E-state index in [0.717, 1.165) is 10.6 Å². The van der Waals surface area contributed by atoms with E-state index in [1.807, 2.05) is 17.5 Å². The van der Waals surface area contributed by atoms with Gasteiger partial charge in [-0.15, -0.1) is 11.3 Å². The fourth-order valence-corrected chi connectivity index (χ4v) is 1.53. The maximum atomic E-state index is 4.09. The molecule has 0 radical (unpaired) electrons. The van der Waals surface area contributed by atoms with E-state index >= 15 is 0 Å². The highest BCUT2D eigenvalue weighted by molar-refractivity contribution is 7.10. The molecule has 68 valence electrons. The standard InChI is InChI=1S/C12H9NS/c1-10-2-4-11(5-3-10)6-7-12-13-8-9-14-12/h2-5,8-9H,1H3. The van der Waals surface area contributed by atoms with Crippen molar-refractivity contribution in [2.45, 2.75) is 6.92 Å². The van der Waals surface area contributed by atoms with Gasteiger partial charge < -0.3 is 0 Å². The van der Waals surface area contributed by atoms with E-state index in [4.69, 9.17) is 0 Å². The van der Waals surface area contributed by atoms with E-state index in [2.05, 4.69) is 35.9 Å². The van der Waals surface area contributed by atoms with Crippen LogP contribution in [0.2, 0.25) is 0 Å². The minimum absolute atomic E-state index is 0.866. The number of nitrogens with zero attached hydrogens (tertiary/aromatic N) is 1. The summed E-state index contributed by atoms with van der Waals surface area (Å²) in [5.41, 5.74) is 2.29. The molecule has 0 spiro atoms. The van der Waals surface area contributed by atoms with E-state index < -0.39 is 0 Å². The first-order chi connectivity index (χ1) is 6.84. The molecule has 0 amide bonds. The average Bonchev–Trinajstić information content (AvgIpc) is 2.70. The normalized spacial score (nSPS) is 9.21. The van der Waals surface area contributed by atoms with E-state index in [9.17, 15) is 0 Å². The topological polar surface area (TPSA) is 12.9 Å². The van der Waals surface area contributed by atoms with Crippen LogP contribution in [0.15, 0.2) is 35.8 Å². The third-order valence-electron chi connectivity index (χ3n) is 1.80. The molecule has 1 heterocycles. The molecule has 0 fully saturated rings. The molecule has 2 rings (SSSR count). The lowest BCUT2D eigenvalue weighted by Gasteiger charge is -1.90. The van der Waals surface area contributed by atoms with Crippen molar-refractivity contribution in [3.8, 4) is 11.8 Å². The van der Waals surface area contributed by atoms with Crippen LogP contribution in [0.25, 0.3) is 0 Å². The summed E-state index contributed by atoms with van der Waals surface area (Å²) < 4.78 is 0. The van der Waals surface area contributed by atoms with Crippen LogP contribution in [0.1, 0.15) is 16.1 Å². The van der Waals surface area contributed by atoms with E-state index in [1.165, 1.54) is 5.56 Å². The van der Waals surface area contributed by atoms with E-state index in [-0.39, 0.29) is 0 Å². The number of hydrogen-bond acceptors (Lipinski definition) is 2. The summed E-state index contributed by atoms with van der Waals surface area (Å²) in [6.07, 6.45) is 1.77. The van der Waals surface area contributed by atoms with Crippen LogP contribution in [-0.2, 0) is 0 Å². The van der Waals surface area contributed by atoms with E-state index in [1.54, 1.807) is 17.5 Å². The van der Waals surface area contributed by atoms with E-state index in [0.29, 0.717) is 0 Å². The van der Waals surface area contributed by atoms with Gasteiger partial charge in [-0.2, -0.15) is 0 Å². The van der Waals surface area contributed by atoms with Gasteiger partial charge in [-0.05, 0) is 25.0 Å². The molecule has 2 aromatic rings. The van der Waals surface area contributed by atoms with Crippen LogP contribution in [0.5, 0.6) is 0 Å². The Morgan fingerprint density at radius 2 is 1.93 bits per heavy atom. The summed E-state index contributed by atoms with van der Waals surface area (Å²) in [6, 6.07) is 8.17. The van der Waals surface area contributed by atoms with Crippen LogP contribution in [0, 0.1) is 18.8 Å². The first-order valence-electron chi connectivity index (χ1n) is 4.33. The lowest BCUT2D eigenvalue weighted by atomic mass is 10.2. The molecule has 2 heteroatoms. The molecule has 0 aliphatic rings. The molecule has 0 N–H and O–H groups in total. The Bertz CT molecular complexity index is 457. The predicted octanol–water partition coefficient (Wildman–Crippen LogP) is 2.85. The highest BCUT2D eigenvalue weighted by atomic mass is 32.1. The zero-order valence-corrected chi connectivity index (χ0v) is 8.64. The summed E-state index contributed by atoms with van der Waals surface area (Å²) in [6.45, 7) is 2.07. The summed E-state index contributed by atoms with van der Waals surface area (Å²) in [4.78, 5) is 4.09. The third kappa shape index (κ3) is 2.21. The smallest absolute Gasteiger partial charge is 0.167 e. The number of hydrogen-bond donors (Lipinski definition) is 0. The molecule has 0 unspecified atom stereocenters. The van der Waals surface area contributed by atoms with Crippen molar-refractivity contribution >= 4 is 11.3 Å². The van der Waals surface area contributed by atoms with Gasteiger partial charge in [0.05, 0.1) is 0 Å². The summed E-state index contributed by atoms with van der Waals surface area (Å²) in [7, 11) is 0. The number of thiazole rings is 1. The molecular formula is C12H9NS. The van der Waals surface area contributed by atoms with Gasteiger partial charge in [0, 0.05) is 17.1 Å². The van der Waals surface area contributed by atoms with Crippen LogP contribution in [0.4, 0.5) is 0 Å². The first kappa shape index (κ1) is 8.98. The summed E-state index contributed by atoms with van der Waals surface area (Å²) >= 11 is 1.56. The van der Waals surface area contributed by atoms with Crippen LogP contribution in [0.3, 0.4) is 0 Å². The molecule has 0 saturated carbocycles. The Hall–Kier alpha value is -1.59. The second-order valence-electron chi connectivity index (χ2n) is 2.95. The van der Waals surface area contributed by atoms with Crippen molar-refractivity contribution in [2.24, 2.45) is 0 Å². The van der Waals surface area contributed by atoms with Gasteiger partial charge in [0.1, 0.15) is 0 Å². The first-order valence-corrected chi connectivity index (χ1v) is 5.21. The van der Waals surface area contributed by atoms with Crippen LogP contribution >= 0.6 is 11.3 Å². The molecule has 0 bridgehead atoms. The molecule has 1 aromatic carbocycles. The predicted molar refractivity (Wildman–Crippen MR) is 59.3 cm³/mol. The Labute approximate surface area is 87.4 Å². The molecule has 0 saturated heterocycles. The Balaban J connectivity index is 2.22. The largest absolute Gasteiger partial charge is 0.236 e. The van der Waals surface area contributed by atoms with Gasteiger partial charge in [-0.25, -0.2) is 4.98 Å². The highest BCUT2D eigenvalue weighted by Crippen LogP contribution is 2.04. The zero-order chi connectivity index (χ0) is 9.80. The summed E-state index contributed by atoms with van der Waals surface area (Å²) in [5, 5.41) is 2.80. The van der Waals surface area contributed by atoms with Gasteiger partial charge >= 0.3 is 0 Å². The van der Waals surface area contributed by atoms with Crippen LogP contribution in [-0.4, -0.2) is 4.98 Å². The van der Waals surface area contributed by atoms with Crippen molar-refractivity contribution in [1.29, 1.82) is 0 Å². The molecule has 0 atom stereocenters. The molecular weight excluding hydrogens is 190 g/mol. The van der Waals surface area contributed by atoms with Gasteiger partial charge in [-0.1, -0.05) is 23.6 Å². The van der Waals surface area contributed by atoms with Crippen molar-refractivity contribution in [2.75, 3.05) is 0 Å². The Morgan fingerprint density at radius 1 is 1.14 bits per heavy atom. The maximum absolute atomic E-state index is 4.09. The number of benzene rings is 1. The van der Waals surface area contributed by atoms with Crippen molar-refractivity contribution in [1.82, 2.24) is 4.98 Å². The van der Waals surface area contributed by atoms with Gasteiger partial charge in [0.2, 0.25) is 0 Å². The quantitative estimate of drug-likeness (QED) is 0.594.